The van der Waals surface area contributed by atoms with Crippen molar-refractivity contribution in [1.82, 2.24) is 5.06 Å². The smallest absolute Gasteiger partial charge is 0.307 e. The standard InChI is InChI=1S/C23H33NO4Si/c1-6-27-22(25)17-19(24(5)26)18-28-29(23(2,3)4,20-13-9-7-10-14-20)21-15-11-8-12-16-21/h7-16,19,26H,6,17-18H2,1-5H3. The summed E-state index contributed by atoms with van der Waals surface area (Å²) in [6.07, 6.45) is 0.0685. The van der Waals surface area contributed by atoms with E-state index >= 15 is 0 Å². The Hall–Kier alpha value is -1.99. The molecule has 0 aliphatic rings. The molecule has 0 aliphatic carbocycles. The number of nitrogens with zero attached hydrogens (tertiary/aromatic N) is 1. The van der Waals surface area contributed by atoms with Crippen LogP contribution in [0, 0.1) is 0 Å². The number of carbonyl (C=O) groups is 1. The van der Waals surface area contributed by atoms with Crippen molar-refractivity contribution in [2.45, 2.75) is 45.2 Å². The number of hydrogen-bond donors (Lipinski definition) is 1. The highest BCUT2D eigenvalue weighted by Crippen LogP contribution is 2.37. The van der Waals surface area contributed by atoms with Gasteiger partial charge in [0.15, 0.2) is 0 Å². The van der Waals surface area contributed by atoms with Crippen molar-refractivity contribution in [2.24, 2.45) is 0 Å². The minimum absolute atomic E-state index is 0.0685. The van der Waals surface area contributed by atoms with Crippen LogP contribution >= 0.6 is 0 Å². The highest BCUT2D eigenvalue weighted by molar-refractivity contribution is 6.99. The Labute approximate surface area is 175 Å². The van der Waals surface area contributed by atoms with E-state index in [1.165, 1.54) is 0 Å². The predicted octanol–water partition coefficient (Wildman–Crippen LogP) is 3.21. The minimum Gasteiger partial charge on any atom is -0.466 e. The van der Waals surface area contributed by atoms with Crippen LogP contribution in [0.25, 0.3) is 0 Å². The summed E-state index contributed by atoms with van der Waals surface area (Å²) in [5.41, 5.74) is 0. The van der Waals surface area contributed by atoms with Crippen LogP contribution in [0.3, 0.4) is 0 Å². The molecule has 1 N–H and O–H groups in total. The van der Waals surface area contributed by atoms with Crippen LogP contribution in [0.1, 0.15) is 34.1 Å². The maximum atomic E-state index is 12.0. The SMILES string of the molecule is CCOC(=O)CC(CO[Si](c1ccccc1)(c1ccccc1)C(C)(C)C)N(C)O. The minimum atomic E-state index is -2.72. The number of carbonyl (C=O) groups excluding carboxylic acids is 1. The van der Waals surface area contributed by atoms with Gasteiger partial charge in [0, 0.05) is 7.05 Å². The Kier molecular flexibility index (Phi) is 8.16. The first-order chi connectivity index (χ1) is 13.7. The Morgan fingerprint density at radius 2 is 1.52 bits per heavy atom. The lowest BCUT2D eigenvalue weighted by Gasteiger charge is -2.44. The van der Waals surface area contributed by atoms with Crippen molar-refractivity contribution in [1.29, 1.82) is 0 Å². The number of ether oxygens (including phenoxy) is 1. The maximum absolute atomic E-state index is 12.0. The fourth-order valence-electron chi connectivity index (χ4n) is 3.69. The number of esters is 1. The lowest BCUT2D eigenvalue weighted by Crippen LogP contribution is -2.67. The van der Waals surface area contributed by atoms with E-state index in [9.17, 15) is 10.0 Å². The zero-order chi connectivity index (χ0) is 21.5. The molecular formula is C23H33NO4Si. The van der Waals surface area contributed by atoms with Crippen molar-refractivity contribution >= 4 is 24.7 Å². The predicted molar refractivity (Wildman–Crippen MR) is 118 cm³/mol. The van der Waals surface area contributed by atoms with Gasteiger partial charge in [-0.15, -0.1) is 0 Å². The van der Waals surface area contributed by atoms with Crippen molar-refractivity contribution in [3.63, 3.8) is 0 Å². The molecule has 0 aromatic heterocycles. The third kappa shape index (κ3) is 5.54. The molecule has 0 saturated heterocycles. The average Bonchev–Trinajstić information content (AvgIpc) is 2.68. The molecule has 0 fully saturated rings. The van der Waals surface area contributed by atoms with Gasteiger partial charge in [0.25, 0.3) is 8.32 Å². The van der Waals surface area contributed by atoms with Gasteiger partial charge in [0.05, 0.1) is 25.7 Å². The van der Waals surface area contributed by atoms with E-state index in [1.807, 2.05) is 36.4 Å². The summed E-state index contributed by atoms with van der Waals surface area (Å²) >= 11 is 0. The molecule has 2 aromatic rings. The molecule has 0 aliphatic heterocycles. The highest BCUT2D eigenvalue weighted by atomic mass is 28.4. The Balaban J connectivity index is 2.46. The van der Waals surface area contributed by atoms with Crippen LogP contribution in [0.2, 0.25) is 5.04 Å². The zero-order valence-corrected chi connectivity index (χ0v) is 19.1. The molecule has 1 unspecified atom stereocenters. The second-order valence-corrected chi connectivity index (χ2v) is 12.5. The summed E-state index contributed by atoms with van der Waals surface area (Å²) < 4.78 is 11.9. The van der Waals surface area contributed by atoms with Gasteiger partial charge in [-0.1, -0.05) is 81.4 Å². The van der Waals surface area contributed by atoms with Gasteiger partial charge >= 0.3 is 5.97 Å². The molecule has 0 amide bonds. The van der Waals surface area contributed by atoms with Gasteiger partial charge < -0.3 is 14.4 Å². The molecule has 5 nitrogen and oxygen atoms in total. The quantitative estimate of drug-likeness (QED) is 0.387. The van der Waals surface area contributed by atoms with Crippen molar-refractivity contribution in [3.05, 3.63) is 60.7 Å². The van der Waals surface area contributed by atoms with Gasteiger partial charge in [0.2, 0.25) is 0 Å². The third-order valence-corrected chi connectivity index (χ3v) is 10.1. The van der Waals surface area contributed by atoms with Crippen molar-refractivity contribution < 1.29 is 19.2 Å². The summed E-state index contributed by atoms with van der Waals surface area (Å²) in [4.78, 5) is 12.0. The number of rotatable bonds is 9. The normalized spacial score (nSPS) is 13.3. The molecule has 0 saturated carbocycles. The van der Waals surface area contributed by atoms with Crippen LogP contribution in [0.4, 0.5) is 0 Å². The molecule has 158 valence electrons. The lowest BCUT2D eigenvalue weighted by atomic mass is 10.2. The Morgan fingerprint density at radius 3 is 1.90 bits per heavy atom. The second-order valence-electron chi connectivity index (χ2n) is 8.21. The van der Waals surface area contributed by atoms with Gasteiger partial charge in [-0.2, -0.15) is 5.06 Å². The Morgan fingerprint density at radius 1 is 1.03 bits per heavy atom. The van der Waals surface area contributed by atoms with Gasteiger partial charge in [0.1, 0.15) is 0 Å². The van der Waals surface area contributed by atoms with Crippen molar-refractivity contribution in [3.8, 4) is 0 Å². The maximum Gasteiger partial charge on any atom is 0.307 e. The summed E-state index contributed by atoms with van der Waals surface area (Å²) in [7, 11) is -1.18. The highest BCUT2D eigenvalue weighted by Gasteiger charge is 2.50. The van der Waals surface area contributed by atoms with Gasteiger partial charge in [-0.3, -0.25) is 4.79 Å². The first-order valence-electron chi connectivity index (χ1n) is 10.0. The number of hydrogen-bond acceptors (Lipinski definition) is 5. The molecule has 0 heterocycles. The number of benzene rings is 2. The van der Waals surface area contributed by atoms with E-state index in [2.05, 4.69) is 45.0 Å². The van der Waals surface area contributed by atoms with Gasteiger partial charge in [-0.25, -0.2) is 0 Å². The zero-order valence-electron chi connectivity index (χ0n) is 18.1. The van der Waals surface area contributed by atoms with Crippen LogP contribution in [-0.4, -0.2) is 50.9 Å². The van der Waals surface area contributed by atoms with Crippen molar-refractivity contribution in [2.75, 3.05) is 20.3 Å². The first-order valence-corrected chi connectivity index (χ1v) is 12.0. The number of likely N-dealkylation sites (N-methyl/N-ethyl adjacent to an activating group) is 1. The molecular weight excluding hydrogens is 382 g/mol. The summed E-state index contributed by atoms with van der Waals surface area (Å²) in [6, 6.07) is 20.1. The fraction of sp³-hybridized carbons (Fsp3) is 0.435. The summed E-state index contributed by atoms with van der Waals surface area (Å²) in [5, 5.41) is 13.3. The van der Waals surface area contributed by atoms with E-state index in [4.69, 9.17) is 9.16 Å². The summed E-state index contributed by atoms with van der Waals surface area (Å²) in [6.45, 7) is 8.90. The second kappa shape index (κ2) is 10.2. The topological polar surface area (TPSA) is 59.0 Å². The van der Waals surface area contributed by atoms with Gasteiger partial charge in [-0.05, 0) is 22.3 Å². The molecule has 29 heavy (non-hydrogen) atoms. The number of hydroxylamine groups is 2. The lowest BCUT2D eigenvalue weighted by molar-refractivity contribution is -0.154. The van der Waals surface area contributed by atoms with E-state index in [1.54, 1.807) is 14.0 Å². The van der Waals surface area contributed by atoms with Crippen LogP contribution < -0.4 is 10.4 Å². The largest absolute Gasteiger partial charge is 0.466 e. The average molecular weight is 416 g/mol. The first kappa shape index (κ1) is 23.3. The Bertz CT molecular complexity index is 720. The monoisotopic (exact) mass is 415 g/mol. The summed E-state index contributed by atoms with van der Waals surface area (Å²) in [5.74, 6) is -0.343. The van der Waals surface area contributed by atoms with Crippen LogP contribution in [0.5, 0.6) is 0 Å². The molecule has 1 atom stereocenters. The molecule has 2 aromatic carbocycles. The third-order valence-electron chi connectivity index (χ3n) is 5.15. The van der Waals surface area contributed by atoms with E-state index < -0.39 is 14.4 Å². The van der Waals surface area contributed by atoms with Crippen LogP contribution in [-0.2, 0) is 14.0 Å². The molecule has 2 rings (SSSR count). The molecule has 6 heteroatoms. The van der Waals surface area contributed by atoms with E-state index in [-0.39, 0.29) is 24.0 Å². The van der Waals surface area contributed by atoms with E-state index in [0.717, 1.165) is 15.4 Å². The molecule has 0 radical (unpaired) electrons. The molecule has 0 bridgehead atoms. The van der Waals surface area contributed by atoms with E-state index in [0.29, 0.717) is 6.61 Å². The fourth-order valence-corrected chi connectivity index (χ4v) is 8.29. The molecule has 0 spiro atoms. The van der Waals surface area contributed by atoms with Crippen LogP contribution in [0.15, 0.2) is 60.7 Å².